The Bertz CT molecular complexity index is 1550. The molecule has 0 unspecified atom stereocenters. The Labute approximate surface area is 273 Å². The van der Waals surface area contributed by atoms with Crippen LogP contribution in [0.5, 0.6) is 0 Å². The summed E-state index contributed by atoms with van der Waals surface area (Å²) >= 11 is 0. The first-order valence-electron chi connectivity index (χ1n) is 16.9. The van der Waals surface area contributed by atoms with Crippen molar-refractivity contribution < 1.29 is 0 Å². The van der Waals surface area contributed by atoms with E-state index in [0.717, 1.165) is 6.42 Å². The summed E-state index contributed by atoms with van der Waals surface area (Å²) in [7, 11) is 0. The standard InChI is InChI=1S/C43H52N2/c1-28(2)36-13-11-14-37(29(3)4)41(36)44-25-26-45(42-38(30(5)6)15-12-16-39(42)31(7)8)43(44)40(35-23-19-33(10)20-24-35)27-34-21-17-32(9)18-22-34/h11-26,28-31H,27H2,1-10H3. The van der Waals surface area contributed by atoms with E-state index in [9.17, 15) is 0 Å². The first-order chi connectivity index (χ1) is 21.5. The van der Waals surface area contributed by atoms with Gasteiger partial charge in [0.05, 0.1) is 11.4 Å². The summed E-state index contributed by atoms with van der Waals surface area (Å²) in [4.78, 5) is 5.05. The van der Waals surface area contributed by atoms with E-state index < -0.39 is 0 Å². The fourth-order valence-corrected chi connectivity index (χ4v) is 6.60. The zero-order valence-corrected chi connectivity index (χ0v) is 29.1. The van der Waals surface area contributed by atoms with E-state index in [2.05, 4.69) is 176 Å². The van der Waals surface area contributed by atoms with E-state index in [1.165, 1.54) is 67.3 Å². The number of hydrogen-bond acceptors (Lipinski definition) is 2. The Balaban J connectivity index is 1.90. The van der Waals surface area contributed by atoms with Crippen LogP contribution in [-0.2, 0) is 6.42 Å². The molecule has 0 N–H and O–H groups in total. The summed E-state index contributed by atoms with van der Waals surface area (Å²) in [5, 5.41) is 0. The average molecular weight is 597 g/mol. The van der Waals surface area contributed by atoms with E-state index >= 15 is 0 Å². The van der Waals surface area contributed by atoms with Crippen LogP contribution in [0.25, 0.3) is 5.57 Å². The maximum atomic E-state index is 2.52. The number of aryl methyl sites for hydroxylation is 2. The third kappa shape index (κ3) is 6.66. The van der Waals surface area contributed by atoms with Crippen LogP contribution in [-0.4, -0.2) is 0 Å². The number of anilines is 2. The van der Waals surface area contributed by atoms with Crippen molar-refractivity contribution in [3.8, 4) is 0 Å². The van der Waals surface area contributed by atoms with E-state index in [-0.39, 0.29) is 0 Å². The lowest BCUT2D eigenvalue weighted by Crippen LogP contribution is -2.28. The average Bonchev–Trinajstić information content (AvgIpc) is 3.44. The third-order valence-corrected chi connectivity index (χ3v) is 9.16. The molecule has 0 bridgehead atoms. The number of nitrogens with zero attached hydrogens (tertiary/aromatic N) is 2. The van der Waals surface area contributed by atoms with Crippen LogP contribution in [0, 0.1) is 13.8 Å². The minimum absolute atomic E-state index is 0.386. The van der Waals surface area contributed by atoms with Crippen molar-refractivity contribution in [1.82, 2.24) is 0 Å². The van der Waals surface area contributed by atoms with Crippen LogP contribution in [0.1, 0.15) is 124 Å². The van der Waals surface area contributed by atoms with Gasteiger partial charge < -0.3 is 9.80 Å². The quantitative estimate of drug-likeness (QED) is 0.190. The fraction of sp³-hybridized carbons (Fsp3) is 0.349. The van der Waals surface area contributed by atoms with Crippen LogP contribution in [0.2, 0.25) is 0 Å². The maximum Gasteiger partial charge on any atom is 0.126 e. The summed E-state index contributed by atoms with van der Waals surface area (Å²) in [6, 6.07) is 32.0. The fourth-order valence-electron chi connectivity index (χ4n) is 6.60. The van der Waals surface area contributed by atoms with Crippen molar-refractivity contribution in [2.45, 2.75) is 99.3 Å². The minimum Gasteiger partial charge on any atom is -0.301 e. The maximum absolute atomic E-state index is 2.52. The van der Waals surface area contributed by atoms with Gasteiger partial charge in [0.1, 0.15) is 5.82 Å². The monoisotopic (exact) mass is 596 g/mol. The van der Waals surface area contributed by atoms with Gasteiger partial charge in [-0.3, -0.25) is 0 Å². The third-order valence-electron chi connectivity index (χ3n) is 9.16. The van der Waals surface area contributed by atoms with Crippen LogP contribution in [0.3, 0.4) is 0 Å². The molecule has 4 aromatic rings. The van der Waals surface area contributed by atoms with Gasteiger partial charge in [-0.2, -0.15) is 0 Å². The molecular formula is C43H52N2. The first kappa shape index (κ1) is 32.4. The van der Waals surface area contributed by atoms with Gasteiger partial charge in [0, 0.05) is 24.4 Å². The summed E-state index contributed by atoms with van der Waals surface area (Å²) in [5.74, 6) is 2.77. The van der Waals surface area contributed by atoms with Gasteiger partial charge in [-0.05, 0) is 70.9 Å². The van der Waals surface area contributed by atoms with E-state index in [0.29, 0.717) is 23.7 Å². The SMILES string of the molecule is Cc1ccc(CC(=C2N(c3c(C(C)C)cccc3C(C)C)C=CN2c2c(C(C)C)cccc2C(C)C)c2ccc(C)cc2)cc1. The Hall–Kier alpha value is -4.04. The lowest BCUT2D eigenvalue weighted by Gasteiger charge is -2.35. The molecule has 234 valence electrons. The van der Waals surface area contributed by atoms with Gasteiger partial charge in [-0.25, -0.2) is 0 Å². The highest BCUT2D eigenvalue weighted by Crippen LogP contribution is 2.46. The second kappa shape index (κ2) is 13.5. The second-order valence-electron chi connectivity index (χ2n) is 14.1. The molecule has 0 radical (unpaired) electrons. The predicted octanol–water partition coefficient (Wildman–Crippen LogP) is 12.2. The molecule has 45 heavy (non-hydrogen) atoms. The van der Waals surface area contributed by atoms with E-state index in [4.69, 9.17) is 0 Å². The van der Waals surface area contributed by atoms with Gasteiger partial charge in [0.2, 0.25) is 0 Å². The molecule has 0 fully saturated rings. The van der Waals surface area contributed by atoms with Crippen molar-refractivity contribution in [2.75, 3.05) is 9.80 Å². The highest BCUT2D eigenvalue weighted by Gasteiger charge is 2.33. The molecule has 2 nitrogen and oxygen atoms in total. The largest absolute Gasteiger partial charge is 0.301 e. The normalized spacial score (nSPS) is 13.3. The van der Waals surface area contributed by atoms with Crippen molar-refractivity contribution in [3.63, 3.8) is 0 Å². The Morgan fingerprint density at radius 1 is 0.489 bits per heavy atom. The van der Waals surface area contributed by atoms with Crippen LogP contribution < -0.4 is 9.80 Å². The summed E-state index contributed by atoms with van der Waals surface area (Å²) in [6.07, 6.45) is 5.48. The highest BCUT2D eigenvalue weighted by molar-refractivity contribution is 5.86. The van der Waals surface area contributed by atoms with Gasteiger partial charge in [-0.15, -0.1) is 0 Å². The molecule has 0 aromatic heterocycles. The summed E-state index contributed by atoms with van der Waals surface area (Å²) in [5.41, 5.74) is 14.6. The van der Waals surface area contributed by atoms with Crippen molar-refractivity contribution in [1.29, 1.82) is 0 Å². The molecule has 0 spiro atoms. The molecule has 1 aliphatic rings. The van der Waals surface area contributed by atoms with E-state index in [1.807, 2.05) is 0 Å². The van der Waals surface area contributed by atoms with Crippen molar-refractivity contribution in [2.24, 2.45) is 0 Å². The lowest BCUT2D eigenvalue weighted by atomic mass is 9.90. The molecule has 2 heteroatoms. The Morgan fingerprint density at radius 2 is 0.844 bits per heavy atom. The molecule has 1 aliphatic heterocycles. The van der Waals surface area contributed by atoms with Crippen molar-refractivity contribution >= 4 is 16.9 Å². The number of hydrogen-bond donors (Lipinski definition) is 0. The van der Waals surface area contributed by atoms with Crippen LogP contribution in [0.15, 0.2) is 103 Å². The molecule has 0 aliphatic carbocycles. The Kier molecular flexibility index (Phi) is 9.73. The zero-order valence-electron chi connectivity index (χ0n) is 29.1. The van der Waals surface area contributed by atoms with Crippen LogP contribution >= 0.6 is 0 Å². The van der Waals surface area contributed by atoms with E-state index in [1.54, 1.807) is 0 Å². The number of rotatable bonds is 9. The Morgan fingerprint density at radius 3 is 1.20 bits per heavy atom. The number of benzene rings is 4. The molecule has 0 atom stereocenters. The predicted molar refractivity (Wildman–Crippen MR) is 196 cm³/mol. The molecule has 0 saturated heterocycles. The van der Waals surface area contributed by atoms with Gasteiger partial charge >= 0.3 is 0 Å². The summed E-state index contributed by atoms with van der Waals surface area (Å²) in [6.45, 7) is 22.9. The number of para-hydroxylation sites is 2. The number of allylic oxidation sites excluding steroid dienone is 1. The van der Waals surface area contributed by atoms with Crippen LogP contribution in [0.4, 0.5) is 11.4 Å². The van der Waals surface area contributed by atoms with Gasteiger partial charge in [-0.1, -0.05) is 151 Å². The molecule has 4 aromatic carbocycles. The highest BCUT2D eigenvalue weighted by atomic mass is 15.4. The molecular weight excluding hydrogens is 544 g/mol. The summed E-state index contributed by atoms with van der Waals surface area (Å²) < 4.78 is 0. The van der Waals surface area contributed by atoms with Crippen molar-refractivity contribution in [3.05, 3.63) is 148 Å². The molecule has 0 saturated carbocycles. The first-order valence-corrected chi connectivity index (χ1v) is 16.9. The topological polar surface area (TPSA) is 6.48 Å². The van der Waals surface area contributed by atoms with Gasteiger partial charge in [0.25, 0.3) is 0 Å². The lowest BCUT2D eigenvalue weighted by molar-refractivity contribution is 0.819. The molecule has 1 heterocycles. The minimum atomic E-state index is 0.386. The second-order valence-corrected chi connectivity index (χ2v) is 14.1. The molecule has 0 amide bonds. The smallest absolute Gasteiger partial charge is 0.126 e. The molecule has 5 rings (SSSR count). The van der Waals surface area contributed by atoms with Gasteiger partial charge in [0.15, 0.2) is 0 Å². The zero-order chi connectivity index (χ0) is 32.4.